The Morgan fingerprint density at radius 3 is 2.44 bits per heavy atom. The number of carbonyl (C=O) groups excluding carboxylic acids is 1. The lowest BCUT2D eigenvalue weighted by Crippen LogP contribution is -2.25. The van der Waals surface area contributed by atoms with Crippen LogP contribution < -0.4 is 10.6 Å². The van der Waals surface area contributed by atoms with E-state index in [0.29, 0.717) is 12.1 Å². The van der Waals surface area contributed by atoms with Crippen molar-refractivity contribution >= 4 is 28.3 Å². The van der Waals surface area contributed by atoms with Crippen LogP contribution in [0.5, 0.6) is 0 Å². The van der Waals surface area contributed by atoms with Crippen LogP contribution in [-0.2, 0) is 13.6 Å². The smallest absolute Gasteiger partial charge is 0.253 e. The van der Waals surface area contributed by atoms with Gasteiger partial charge in [-0.05, 0) is 36.4 Å². The van der Waals surface area contributed by atoms with E-state index in [0.717, 1.165) is 28.2 Å². The molecule has 134 valence electrons. The highest BCUT2D eigenvalue weighted by molar-refractivity contribution is 6.00. The summed E-state index contributed by atoms with van der Waals surface area (Å²) in [6.45, 7) is 0.365. The van der Waals surface area contributed by atoms with Gasteiger partial charge in [-0.2, -0.15) is 0 Å². The van der Waals surface area contributed by atoms with E-state index in [-0.39, 0.29) is 5.91 Å². The van der Waals surface area contributed by atoms with Crippen LogP contribution >= 0.6 is 0 Å². The zero-order chi connectivity index (χ0) is 18.6. The minimum absolute atomic E-state index is 0.138. The number of anilines is 2. The fourth-order valence-electron chi connectivity index (χ4n) is 3.08. The molecule has 1 amide bonds. The third kappa shape index (κ3) is 3.53. The van der Waals surface area contributed by atoms with Gasteiger partial charge in [0.2, 0.25) is 0 Å². The van der Waals surface area contributed by atoms with Crippen molar-refractivity contribution in [2.45, 2.75) is 6.54 Å². The van der Waals surface area contributed by atoms with Crippen LogP contribution in [0.3, 0.4) is 0 Å². The zero-order valence-corrected chi connectivity index (χ0v) is 15.0. The van der Waals surface area contributed by atoms with E-state index in [4.69, 9.17) is 0 Å². The molecule has 1 heterocycles. The predicted octanol–water partition coefficient (Wildman–Crippen LogP) is 4.25. The molecule has 0 aliphatic rings. The Morgan fingerprint density at radius 2 is 1.63 bits per heavy atom. The highest BCUT2D eigenvalue weighted by Crippen LogP contribution is 2.21. The van der Waals surface area contributed by atoms with E-state index in [1.54, 1.807) is 0 Å². The number of benzene rings is 3. The van der Waals surface area contributed by atoms with E-state index in [2.05, 4.69) is 15.6 Å². The summed E-state index contributed by atoms with van der Waals surface area (Å²) in [4.78, 5) is 17.4. The third-order valence-electron chi connectivity index (χ3n) is 4.51. The number of amides is 1. The van der Waals surface area contributed by atoms with Gasteiger partial charge in [0, 0.05) is 12.7 Å². The molecule has 1 aromatic heterocycles. The number of nitrogens with zero attached hydrogens (tertiary/aromatic N) is 2. The number of aromatic nitrogens is 2. The number of hydrogen-bond acceptors (Lipinski definition) is 3. The number of carbonyl (C=O) groups is 1. The molecule has 5 nitrogen and oxygen atoms in total. The summed E-state index contributed by atoms with van der Waals surface area (Å²) in [5, 5.41) is 6.28. The highest BCUT2D eigenvalue weighted by Gasteiger charge is 2.13. The van der Waals surface area contributed by atoms with Crippen LogP contribution in [0.2, 0.25) is 0 Å². The highest BCUT2D eigenvalue weighted by atomic mass is 16.1. The average Bonchev–Trinajstić information content (AvgIpc) is 3.03. The Kier molecular flexibility index (Phi) is 4.58. The first-order valence-corrected chi connectivity index (χ1v) is 8.82. The molecule has 5 heteroatoms. The maximum absolute atomic E-state index is 12.8. The number of imidazole rings is 1. The summed E-state index contributed by atoms with van der Waals surface area (Å²) in [6, 6.07) is 25.2. The molecule has 0 fully saturated rings. The molecule has 0 aliphatic carbocycles. The number of para-hydroxylation sites is 4. The van der Waals surface area contributed by atoms with Crippen LogP contribution in [0.25, 0.3) is 11.0 Å². The Hall–Kier alpha value is -3.60. The van der Waals surface area contributed by atoms with Gasteiger partial charge in [0.1, 0.15) is 5.82 Å². The molecule has 0 radical (unpaired) electrons. The van der Waals surface area contributed by atoms with Crippen molar-refractivity contribution in [3.05, 3.63) is 90.3 Å². The molecular weight excluding hydrogens is 336 g/mol. The molecule has 0 atom stereocenters. The predicted molar refractivity (Wildman–Crippen MR) is 108 cm³/mol. The quantitative estimate of drug-likeness (QED) is 0.562. The van der Waals surface area contributed by atoms with Crippen LogP contribution in [0.1, 0.15) is 16.2 Å². The molecule has 2 N–H and O–H groups in total. The van der Waals surface area contributed by atoms with Gasteiger partial charge in [-0.1, -0.05) is 42.5 Å². The van der Waals surface area contributed by atoms with Gasteiger partial charge in [0.25, 0.3) is 5.91 Å². The van der Waals surface area contributed by atoms with E-state index in [1.807, 2.05) is 90.5 Å². The molecule has 27 heavy (non-hydrogen) atoms. The third-order valence-corrected chi connectivity index (χ3v) is 4.51. The van der Waals surface area contributed by atoms with Crippen molar-refractivity contribution in [3.63, 3.8) is 0 Å². The normalized spacial score (nSPS) is 10.7. The fourth-order valence-corrected chi connectivity index (χ4v) is 3.08. The van der Waals surface area contributed by atoms with E-state index in [1.165, 1.54) is 0 Å². The van der Waals surface area contributed by atoms with Crippen LogP contribution in [0, 0.1) is 0 Å². The second-order valence-electron chi connectivity index (χ2n) is 6.30. The second-order valence-corrected chi connectivity index (χ2v) is 6.30. The summed E-state index contributed by atoms with van der Waals surface area (Å²) < 4.78 is 2.00. The first-order chi connectivity index (χ1) is 13.2. The van der Waals surface area contributed by atoms with Gasteiger partial charge in [0.15, 0.2) is 0 Å². The number of aryl methyl sites for hydroxylation is 1. The number of hydrogen-bond donors (Lipinski definition) is 2. The molecule has 4 aromatic rings. The van der Waals surface area contributed by atoms with Crippen molar-refractivity contribution in [3.8, 4) is 0 Å². The maximum atomic E-state index is 12.8. The van der Waals surface area contributed by atoms with Gasteiger partial charge in [-0.25, -0.2) is 4.98 Å². The molecule has 4 rings (SSSR count). The van der Waals surface area contributed by atoms with Crippen molar-refractivity contribution in [2.24, 2.45) is 7.05 Å². The molecule has 3 aromatic carbocycles. The molecule has 0 aliphatic heterocycles. The Balaban J connectivity index is 1.52. The Labute approximate surface area is 157 Å². The maximum Gasteiger partial charge on any atom is 0.253 e. The molecule has 0 bridgehead atoms. The zero-order valence-electron chi connectivity index (χ0n) is 15.0. The second kappa shape index (κ2) is 7.33. The van der Waals surface area contributed by atoms with Gasteiger partial charge < -0.3 is 15.2 Å². The number of fused-ring (bicyclic) bond motifs is 1. The van der Waals surface area contributed by atoms with E-state index in [9.17, 15) is 4.79 Å². The summed E-state index contributed by atoms with van der Waals surface area (Å²) in [5.74, 6) is 0.680. The Bertz CT molecular complexity index is 1090. The minimum Gasteiger partial charge on any atom is -0.355 e. The molecule has 0 saturated carbocycles. The lowest BCUT2D eigenvalue weighted by Gasteiger charge is -2.12. The van der Waals surface area contributed by atoms with Gasteiger partial charge in [0.05, 0.1) is 28.8 Å². The monoisotopic (exact) mass is 356 g/mol. The topological polar surface area (TPSA) is 59.0 Å². The standard InChI is InChI=1S/C22H20N4O/c1-26-20-14-8-7-13-19(20)25-21(26)15-23-22(27)17-11-5-6-12-18(17)24-16-9-3-2-4-10-16/h2-14,24H,15H2,1H3,(H,23,27). The van der Waals surface area contributed by atoms with E-state index >= 15 is 0 Å². The van der Waals surface area contributed by atoms with Gasteiger partial charge >= 0.3 is 0 Å². The summed E-state index contributed by atoms with van der Waals surface area (Å²) in [5.41, 5.74) is 4.28. The average molecular weight is 356 g/mol. The lowest BCUT2D eigenvalue weighted by molar-refractivity contribution is 0.0950. The van der Waals surface area contributed by atoms with Gasteiger partial charge in [-0.3, -0.25) is 4.79 Å². The first kappa shape index (κ1) is 16.8. The number of rotatable bonds is 5. The van der Waals surface area contributed by atoms with Crippen molar-refractivity contribution in [2.75, 3.05) is 5.32 Å². The van der Waals surface area contributed by atoms with Crippen LogP contribution in [0.15, 0.2) is 78.9 Å². The summed E-state index contributed by atoms with van der Waals surface area (Å²) in [6.07, 6.45) is 0. The van der Waals surface area contributed by atoms with Crippen LogP contribution in [0.4, 0.5) is 11.4 Å². The van der Waals surface area contributed by atoms with Crippen molar-refractivity contribution < 1.29 is 4.79 Å². The summed E-state index contributed by atoms with van der Waals surface area (Å²) >= 11 is 0. The van der Waals surface area contributed by atoms with E-state index < -0.39 is 0 Å². The number of nitrogens with one attached hydrogen (secondary N) is 2. The summed E-state index contributed by atoms with van der Waals surface area (Å²) in [7, 11) is 1.96. The molecule has 0 spiro atoms. The Morgan fingerprint density at radius 1 is 0.926 bits per heavy atom. The van der Waals surface area contributed by atoms with Crippen LogP contribution in [-0.4, -0.2) is 15.5 Å². The fraction of sp³-hybridized carbons (Fsp3) is 0.0909. The van der Waals surface area contributed by atoms with Crippen molar-refractivity contribution in [1.29, 1.82) is 0 Å². The lowest BCUT2D eigenvalue weighted by atomic mass is 10.1. The molecular formula is C22H20N4O. The van der Waals surface area contributed by atoms with Gasteiger partial charge in [-0.15, -0.1) is 0 Å². The van der Waals surface area contributed by atoms with Crippen molar-refractivity contribution in [1.82, 2.24) is 14.9 Å². The SMILES string of the molecule is Cn1c(CNC(=O)c2ccccc2Nc2ccccc2)nc2ccccc21. The minimum atomic E-state index is -0.138. The molecule has 0 saturated heterocycles. The first-order valence-electron chi connectivity index (χ1n) is 8.82. The molecule has 0 unspecified atom stereocenters. The largest absolute Gasteiger partial charge is 0.355 e.